The van der Waals surface area contributed by atoms with E-state index in [0.717, 1.165) is 18.7 Å². The van der Waals surface area contributed by atoms with E-state index in [-0.39, 0.29) is 47.0 Å². The van der Waals surface area contributed by atoms with E-state index in [4.69, 9.17) is 11.5 Å². The van der Waals surface area contributed by atoms with Crippen molar-refractivity contribution in [3.63, 3.8) is 0 Å². The van der Waals surface area contributed by atoms with Gasteiger partial charge >= 0.3 is 0 Å². The zero-order chi connectivity index (χ0) is 19.8. The van der Waals surface area contributed by atoms with Gasteiger partial charge in [-0.25, -0.2) is 4.98 Å². The predicted octanol–water partition coefficient (Wildman–Crippen LogP) is 0.623. The van der Waals surface area contributed by atoms with Crippen molar-refractivity contribution in [2.24, 2.45) is 29.2 Å². The Kier molecular flexibility index (Phi) is 4.46. The number of aromatic nitrogens is 4. The van der Waals surface area contributed by atoms with Crippen molar-refractivity contribution in [2.75, 3.05) is 10.6 Å². The lowest BCUT2D eigenvalue weighted by Crippen LogP contribution is -2.41. The fourth-order valence-corrected chi connectivity index (χ4v) is 4.03. The second kappa shape index (κ2) is 6.95. The third kappa shape index (κ3) is 3.17. The molecule has 0 unspecified atom stereocenters. The molecule has 2 heterocycles. The maximum atomic E-state index is 12.0. The van der Waals surface area contributed by atoms with Gasteiger partial charge in [-0.3, -0.25) is 14.3 Å². The van der Waals surface area contributed by atoms with Crippen molar-refractivity contribution in [3.05, 3.63) is 36.3 Å². The Labute approximate surface area is 161 Å². The third-order valence-electron chi connectivity index (χ3n) is 5.36. The number of nitrogens with one attached hydrogen (secondary N) is 2. The van der Waals surface area contributed by atoms with Crippen molar-refractivity contribution in [1.82, 2.24) is 19.7 Å². The average Bonchev–Trinajstić information content (AvgIpc) is 3.37. The molecule has 0 aromatic carbocycles. The summed E-state index contributed by atoms with van der Waals surface area (Å²) >= 11 is 0. The standard InChI is InChI=1S/C18H22N8O2/c1-2-26-8-11(6-22-26)23-18-21-7-12(15(19)27)17(25-18)24-14-10-4-3-9(5-10)13(14)16(20)28/h3-4,6-10,13-14H,2,5H2,1H3,(H2,19,27)(H2,20,28)(H2,21,23,24,25)/t9-,10+,13+,14-/m0/s1. The highest BCUT2D eigenvalue weighted by molar-refractivity contribution is 5.97. The number of amides is 2. The van der Waals surface area contributed by atoms with Gasteiger partial charge in [0.2, 0.25) is 11.9 Å². The van der Waals surface area contributed by atoms with E-state index in [1.54, 1.807) is 10.9 Å². The minimum atomic E-state index is -0.651. The van der Waals surface area contributed by atoms with Crippen LogP contribution >= 0.6 is 0 Å². The van der Waals surface area contributed by atoms with Crippen molar-refractivity contribution in [2.45, 2.75) is 25.9 Å². The maximum Gasteiger partial charge on any atom is 0.254 e. The second-order valence-corrected chi connectivity index (χ2v) is 7.08. The molecule has 2 aliphatic rings. The van der Waals surface area contributed by atoms with Crippen molar-refractivity contribution >= 4 is 29.3 Å². The lowest BCUT2D eigenvalue weighted by Gasteiger charge is -2.27. The van der Waals surface area contributed by atoms with Crippen LogP contribution < -0.4 is 22.1 Å². The highest BCUT2D eigenvalue weighted by Crippen LogP contribution is 2.45. The summed E-state index contributed by atoms with van der Waals surface area (Å²) in [6.45, 7) is 2.72. The Balaban J connectivity index is 1.62. The fraction of sp³-hybridized carbons (Fsp3) is 0.389. The summed E-state index contributed by atoms with van der Waals surface area (Å²) in [5.74, 6) is -0.544. The van der Waals surface area contributed by atoms with Gasteiger partial charge in [0.15, 0.2) is 0 Å². The van der Waals surface area contributed by atoms with Crippen LogP contribution in [-0.2, 0) is 11.3 Å². The van der Waals surface area contributed by atoms with E-state index in [1.165, 1.54) is 6.20 Å². The van der Waals surface area contributed by atoms with Crippen LogP contribution in [-0.4, -0.2) is 37.6 Å². The molecule has 146 valence electrons. The van der Waals surface area contributed by atoms with Crippen molar-refractivity contribution in [3.8, 4) is 0 Å². The molecular weight excluding hydrogens is 360 g/mol. The summed E-state index contributed by atoms with van der Waals surface area (Å²) in [7, 11) is 0. The highest BCUT2D eigenvalue weighted by atomic mass is 16.1. The first-order chi connectivity index (χ1) is 13.5. The number of hydrogen-bond donors (Lipinski definition) is 4. The predicted molar refractivity (Wildman–Crippen MR) is 103 cm³/mol. The normalized spacial score (nSPS) is 25.0. The molecule has 0 radical (unpaired) electrons. The number of aryl methyl sites for hydroxylation is 1. The van der Waals surface area contributed by atoms with Gasteiger partial charge in [-0.05, 0) is 25.2 Å². The van der Waals surface area contributed by atoms with E-state index in [9.17, 15) is 9.59 Å². The smallest absolute Gasteiger partial charge is 0.254 e. The van der Waals surface area contributed by atoms with Gasteiger partial charge in [0.05, 0.1) is 23.4 Å². The van der Waals surface area contributed by atoms with Gasteiger partial charge in [0, 0.05) is 25.0 Å². The quantitative estimate of drug-likeness (QED) is 0.512. The number of fused-ring (bicyclic) bond motifs is 2. The summed E-state index contributed by atoms with van der Waals surface area (Å²) in [5.41, 5.74) is 12.0. The number of nitrogens with zero attached hydrogens (tertiary/aromatic N) is 4. The molecule has 1 fully saturated rings. The molecule has 1 saturated carbocycles. The Bertz CT molecular complexity index is 953. The number of rotatable bonds is 7. The molecule has 10 nitrogen and oxygen atoms in total. The minimum absolute atomic E-state index is 0.108. The number of primary amides is 2. The summed E-state index contributed by atoms with van der Waals surface area (Å²) in [6, 6.07) is -0.240. The number of carbonyl (C=O) groups is 2. The molecule has 0 saturated heterocycles. The molecule has 2 amide bonds. The zero-order valence-electron chi connectivity index (χ0n) is 15.4. The van der Waals surface area contributed by atoms with Gasteiger partial charge in [0.1, 0.15) is 5.82 Å². The van der Waals surface area contributed by atoms with E-state index < -0.39 is 5.91 Å². The molecule has 6 N–H and O–H groups in total. The van der Waals surface area contributed by atoms with Crippen LogP contribution in [0.2, 0.25) is 0 Å². The van der Waals surface area contributed by atoms with Crippen LogP contribution in [0.15, 0.2) is 30.7 Å². The fourth-order valence-electron chi connectivity index (χ4n) is 4.03. The van der Waals surface area contributed by atoms with Crippen molar-refractivity contribution < 1.29 is 9.59 Å². The van der Waals surface area contributed by atoms with Gasteiger partial charge in [-0.15, -0.1) is 0 Å². The molecule has 0 aliphatic heterocycles. The zero-order valence-corrected chi connectivity index (χ0v) is 15.4. The van der Waals surface area contributed by atoms with E-state index in [2.05, 4.69) is 31.8 Å². The molecule has 2 bridgehead atoms. The summed E-state index contributed by atoms with van der Waals surface area (Å²) < 4.78 is 1.76. The molecule has 2 aliphatic carbocycles. The Morgan fingerprint density at radius 2 is 2.04 bits per heavy atom. The number of nitrogens with two attached hydrogens (primary N) is 2. The van der Waals surface area contributed by atoms with Gasteiger partial charge in [0.25, 0.3) is 5.91 Å². The second-order valence-electron chi connectivity index (χ2n) is 7.08. The molecule has 2 aromatic heterocycles. The first-order valence-electron chi connectivity index (χ1n) is 9.16. The van der Waals surface area contributed by atoms with Crippen molar-refractivity contribution in [1.29, 1.82) is 0 Å². The number of carbonyl (C=O) groups excluding carboxylic acids is 2. The SMILES string of the molecule is CCn1cc(Nc2ncc(C(N)=O)c(N[C@@H]3[C@H](C(N)=O)[C@H]4C=C[C@@H]3C4)n2)cn1. The van der Waals surface area contributed by atoms with Gasteiger partial charge < -0.3 is 22.1 Å². The van der Waals surface area contributed by atoms with Crippen LogP contribution in [0.5, 0.6) is 0 Å². The molecule has 4 rings (SSSR count). The third-order valence-corrected chi connectivity index (χ3v) is 5.36. The first-order valence-corrected chi connectivity index (χ1v) is 9.16. The van der Waals surface area contributed by atoms with Crippen LogP contribution in [0.1, 0.15) is 23.7 Å². The van der Waals surface area contributed by atoms with Crippen LogP contribution in [0, 0.1) is 17.8 Å². The van der Waals surface area contributed by atoms with Crippen LogP contribution in [0.3, 0.4) is 0 Å². The molecular formula is C18H22N8O2. The number of anilines is 3. The Morgan fingerprint density at radius 3 is 2.71 bits per heavy atom. The Hall–Kier alpha value is -3.43. The minimum Gasteiger partial charge on any atom is -0.369 e. The van der Waals surface area contributed by atoms with Crippen LogP contribution in [0.4, 0.5) is 17.5 Å². The first kappa shape index (κ1) is 18.0. The molecule has 2 aromatic rings. The van der Waals surface area contributed by atoms with E-state index in [0.29, 0.717) is 0 Å². The van der Waals surface area contributed by atoms with Crippen LogP contribution in [0.25, 0.3) is 0 Å². The Morgan fingerprint density at radius 1 is 1.25 bits per heavy atom. The summed E-state index contributed by atoms with van der Waals surface area (Å²) in [5, 5.41) is 10.5. The largest absolute Gasteiger partial charge is 0.369 e. The van der Waals surface area contributed by atoms with Gasteiger partial charge in [-0.1, -0.05) is 12.2 Å². The average molecular weight is 382 g/mol. The molecule has 28 heavy (non-hydrogen) atoms. The highest BCUT2D eigenvalue weighted by Gasteiger charge is 2.47. The van der Waals surface area contributed by atoms with Gasteiger partial charge in [-0.2, -0.15) is 10.1 Å². The summed E-state index contributed by atoms with van der Waals surface area (Å²) in [6.07, 6.45) is 9.81. The van der Waals surface area contributed by atoms with E-state index in [1.807, 2.05) is 19.2 Å². The number of allylic oxidation sites excluding steroid dienone is 1. The maximum absolute atomic E-state index is 12.0. The molecule has 10 heteroatoms. The number of hydrogen-bond acceptors (Lipinski definition) is 7. The monoisotopic (exact) mass is 382 g/mol. The topological polar surface area (TPSA) is 154 Å². The molecule has 0 spiro atoms. The van der Waals surface area contributed by atoms with E-state index >= 15 is 0 Å². The molecule has 4 atom stereocenters. The lowest BCUT2D eigenvalue weighted by atomic mass is 9.88. The summed E-state index contributed by atoms with van der Waals surface area (Å²) in [4.78, 5) is 32.4. The lowest BCUT2D eigenvalue weighted by molar-refractivity contribution is -0.122.